The molecule has 1 unspecified atom stereocenters. The minimum Gasteiger partial charge on any atom is -0.468 e. The Bertz CT molecular complexity index is 1110. The molecular weight excluding hydrogens is 488 g/mol. The minimum atomic E-state index is -3.59. The Labute approximate surface area is 219 Å². The van der Waals surface area contributed by atoms with Crippen molar-refractivity contribution in [2.75, 3.05) is 13.9 Å². The van der Waals surface area contributed by atoms with E-state index in [1.807, 2.05) is 24.3 Å². The molecule has 0 saturated heterocycles. The fourth-order valence-electron chi connectivity index (χ4n) is 5.13. The summed E-state index contributed by atoms with van der Waals surface area (Å²) in [7, 11) is -4.19. The van der Waals surface area contributed by atoms with Gasteiger partial charge in [0.1, 0.15) is 5.76 Å². The zero-order chi connectivity index (χ0) is 26.9. The van der Waals surface area contributed by atoms with E-state index < -0.39 is 23.4 Å². The average Bonchev–Trinajstić information content (AvgIpc) is 2.92. The lowest BCUT2D eigenvalue weighted by atomic mass is 9.79. The molecule has 3 rings (SSSR count). The number of allylic oxidation sites excluding steroid dienone is 5. The average molecular weight is 533 g/mol. The van der Waals surface area contributed by atoms with Gasteiger partial charge in [-0.15, -0.1) is 0 Å². The van der Waals surface area contributed by atoms with Crippen molar-refractivity contribution >= 4 is 18.2 Å². The third-order valence-corrected chi connectivity index (χ3v) is 14.9. The van der Waals surface area contributed by atoms with Gasteiger partial charge < -0.3 is 13.9 Å². The number of rotatable bonds is 8. The number of benzene rings is 1. The van der Waals surface area contributed by atoms with Crippen molar-refractivity contribution in [2.45, 2.75) is 82.3 Å². The molecule has 200 valence electrons. The molecule has 5 nitrogen and oxygen atoms in total. The van der Waals surface area contributed by atoms with Crippen LogP contribution < -0.4 is 0 Å². The Kier molecular flexibility index (Phi) is 8.50. The predicted molar refractivity (Wildman–Crippen MR) is 149 cm³/mol. The van der Waals surface area contributed by atoms with Crippen molar-refractivity contribution < 1.29 is 22.3 Å². The summed E-state index contributed by atoms with van der Waals surface area (Å²) < 4.78 is 46.2. The van der Waals surface area contributed by atoms with Gasteiger partial charge in [0.15, 0.2) is 24.9 Å². The second-order valence-corrected chi connectivity index (χ2v) is 19.3. The topological polar surface area (TPSA) is 61.8 Å². The number of hydrogen-bond acceptors (Lipinski definition) is 5. The molecule has 1 aromatic carbocycles. The van der Waals surface area contributed by atoms with Crippen LogP contribution in [0.1, 0.15) is 48.0 Å². The quantitative estimate of drug-likeness (QED) is 0.269. The van der Waals surface area contributed by atoms with E-state index in [4.69, 9.17) is 13.9 Å². The van der Waals surface area contributed by atoms with Crippen molar-refractivity contribution in [1.29, 1.82) is 0 Å². The molecule has 0 N–H and O–H groups in total. The molecule has 0 aliphatic heterocycles. The highest BCUT2D eigenvalue weighted by molar-refractivity contribution is 7.92. The summed E-state index contributed by atoms with van der Waals surface area (Å²) in [6, 6.07) is 8.88. The van der Waals surface area contributed by atoms with E-state index in [9.17, 15) is 8.42 Å². The predicted octanol–water partition coefficient (Wildman–Crippen LogP) is 6.90. The summed E-state index contributed by atoms with van der Waals surface area (Å²) in [6.07, 6.45) is 8.35. The lowest BCUT2D eigenvalue weighted by molar-refractivity contribution is 0.0100. The second kappa shape index (κ2) is 10.6. The molecule has 2 aliphatic carbocycles. The second-order valence-electron chi connectivity index (χ2n) is 12.4. The molecule has 2 aliphatic rings. The van der Waals surface area contributed by atoms with E-state index in [1.54, 1.807) is 31.4 Å². The van der Waals surface area contributed by atoms with Gasteiger partial charge in [-0.2, -0.15) is 0 Å². The number of sulfone groups is 1. The van der Waals surface area contributed by atoms with Gasteiger partial charge in [-0.25, -0.2) is 8.42 Å². The third kappa shape index (κ3) is 5.90. The Hall–Kier alpha value is -1.67. The van der Waals surface area contributed by atoms with Crippen LogP contribution in [-0.2, 0) is 23.7 Å². The summed E-state index contributed by atoms with van der Waals surface area (Å²) in [5, 5.41) is -0.555. The van der Waals surface area contributed by atoms with Crippen molar-refractivity contribution in [3.8, 4) is 0 Å². The standard InChI is InChI=1S/C29H44O5SSi/c1-21-15-16-22(33-20-32-7)17-18-24(21)26-25(35(30,31)23-13-11-10-12-14-23)19-29(5,6)27(26)34-36(8,9)28(2,3)4/h10-18,24-27H,19-20H2,1-9H3/t24?,25-,26+,27-/m0/s1. The molecule has 0 heterocycles. The number of ether oxygens (including phenoxy) is 2. The molecule has 36 heavy (non-hydrogen) atoms. The molecule has 1 saturated carbocycles. The normalized spacial score (nSPS) is 26.8. The van der Waals surface area contributed by atoms with E-state index in [1.165, 1.54) is 0 Å². The highest BCUT2D eigenvalue weighted by Crippen LogP contribution is 2.54. The fourth-order valence-corrected chi connectivity index (χ4v) is 8.85. The molecular formula is C29H44O5SSi. The maximum absolute atomic E-state index is 14.1. The maximum atomic E-state index is 14.1. The van der Waals surface area contributed by atoms with Crippen LogP contribution >= 0.6 is 0 Å². The van der Waals surface area contributed by atoms with E-state index >= 15 is 0 Å². The summed E-state index contributed by atoms with van der Waals surface area (Å²) in [5.74, 6) is 0.354. The third-order valence-electron chi connectivity index (χ3n) is 8.24. The molecule has 0 spiro atoms. The summed E-state index contributed by atoms with van der Waals surface area (Å²) in [5.41, 5.74) is 0.790. The van der Waals surface area contributed by atoms with E-state index in [-0.39, 0.29) is 35.2 Å². The van der Waals surface area contributed by atoms with Crippen molar-refractivity contribution in [3.05, 3.63) is 66.0 Å². The van der Waals surface area contributed by atoms with Crippen molar-refractivity contribution in [3.63, 3.8) is 0 Å². The van der Waals surface area contributed by atoms with Gasteiger partial charge in [0.2, 0.25) is 0 Å². The molecule has 0 aromatic heterocycles. The van der Waals surface area contributed by atoms with Crippen LogP contribution in [0.4, 0.5) is 0 Å². The van der Waals surface area contributed by atoms with Crippen LogP contribution in [0.2, 0.25) is 18.1 Å². The minimum absolute atomic E-state index is 0.0108. The number of methoxy groups -OCH3 is 1. The highest BCUT2D eigenvalue weighted by Gasteiger charge is 2.58. The van der Waals surface area contributed by atoms with Gasteiger partial charge in [-0.1, -0.05) is 70.5 Å². The van der Waals surface area contributed by atoms with E-state index in [0.717, 1.165) is 5.57 Å². The Balaban J connectivity index is 2.13. The van der Waals surface area contributed by atoms with Crippen LogP contribution in [0.15, 0.2) is 70.9 Å². The SMILES string of the molecule is COCOC1=CC=C(C)C([C@H]2[C@H](O[Si](C)(C)C(C)(C)C)C(C)(C)C[C@@H]2S(=O)(=O)c2ccccc2)C=C1. The van der Waals surface area contributed by atoms with Crippen LogP contribution in [0, 0.1) is 17.3 Å². The number of hydrogen-bond donors (Lipinski definition) is 0. The largest absolute Gasteiger partial charge is 0.468 e. The zero-order valence-corrected chi connectivity index (χ0v) is 25.2. The molecule has 7 heteroatoms. The highest BCUT2D eigenvalue weighted by atomic mass is 32.2. The Morgan fingerprint density at radius 2 is 1.72 bits per heavy atom. The van der Waals surface area contributed by atoms with Gasteiger partial charge in [-0.05, 0) is 61.2 Å². The van der Waals surface area contributed by atoms with Crippen LogP contribution in [0.25, 0.3) is 0 Å². The Morgan fingerprint density at radius 3 is 2.31 bits per heavy atom. The molecule has 1 aromatic rings. The van der Waals surface area contributed by atoms with Gasteiger partial charge >= 0.3 is 0 Å². The molecule has 4 atom stereocenters. The molecule has 0 bridgehead atoms. The van der Waals surface area contributed by atoms with Crippen molar-refractivity contribution in [2.24, 2.45) is 17.3 Å². The van der Waals surface area contributed by atoms with Gasteiger partial charge in [-0.3, -0.25) is 0 Å². The van der Waals surface area contributed by atoms with Crippen LogP contribution in [0.3, 0.4) is 0 Å². The van der Waals surface area contributed by atoms with E-state index in [0.29, 0.717) is 17.1 Å². The van der Waals surface area contributed by atoms with E-state index in [2.05, 4.69) is 60.7 Å². The van der Waals surface area contributed by atoms with Gasteiger partial charge in [0, 0.05) is 18.9 Å². The first-order valence-electron chi connectivity index (χ1n) is 12.8. The lowest BCUT2D eigenvalue weighted by Gasteiger charge is -2.44. The monoisotopic (exact) mass is 532 g/mol. The molecule has 1 fully saturated rings. The smallest absolute Gasteiger partial charge is 0.192 e. The molecule has 0 radical (unpaired) electrons. The van der Waals surface area contributed by atoms with Gasteiger partial charge in [0.05, 0.1) is 16.2 Å². The zero-order valence-electron chi connectivity index (χ0n) is 23.4. The summed E-state index contributed by atoms with van der Waals surface area (Å²) in [4.78, 5) is 0.380. The maximum Gasteiger partial charge on any atom is 0.192 e. The Morgan fingerprint density at radius 1 is 1.08 bits per heavy atom. The first-order valence-corrected chi connectivity index (χ1v) is 17.2. The fraction of sp³-hybridized carbons (Fsp3) is 0.586. The first-order chi connectivity index (χ1) is 16.6. The first kappa shape index (κ1) is 28.9. The van der Waals surface area contributed by atoms with Crippen LogP contribution in [0.5, 0.6) is 0 Å². The van der Waals surface area contributed by atoms with Gasteiger partial charge in [0.25, 0.3) is 0 Å². The summed E-state index contributed by atoms with van der Waals surface area (Å²) in [6.45, 7) is 17.8. The molecule has 0 amide bonds. The van der Waals surface area contributed by atoms with Crippen molar-refractivity contribution in [1.82, 2.24) is 0 Å². The van der Waals surface area contributed by atoms with Crippen LogP contribution in [-0.4, -0.2) is 42.0 Å². The summed E-state index contributed by atoms with van der Waals surface area (Å²) >= 11 is 0. The lowest BCUT2D eigenvalue weighted by Crippen LogP contribution is -2.50.